The van der Waals surface area contributed by atoms with Crippen molar-refractivity contribution >= 4 is 15.9 Å². The van der Waals surface area contributed by atoms with E-state index >= 15 is 0 Å². The molecule has 0 saturated heterocycles. The third-order valence-electron chi connectivity index (χ3n) is 2.99. The molecule has 2 N–H and O–H groups in total. The first-order chi connectivity index (χ1) is 9.15. The molecule has 100 valence electrons. The Kier molecular flexibility index (Phi) is 4.45. The van der Waals surface area contributed by atoms with Crippen LogP contribution in [0.4, 0.5) is 0 Å². The molecule has 2 aromatic rings. The monoisotopic (exact) mass is 321 g/mol. The normalized spacial score (nSPS) is 12.0. The summed E-state index contributed by atoms with van der Waals surface area (Å²) < 4.78 is 11.3. The Morgan fingerprint density at radius 3 is 2.37 bits per heavy atom. The van der Waals surface area contributed by atoms with E-state index in [2.05, 4.69) is 15.9 Å². The van der Waals surface area contributed by atoms with E-state index in [1.807, 2.05) is 42.5 Å². The van der Waals surface area contributed by atoms with Gasteiger partial charge in [-0.15, -0.1) is 0 Å². The van der Waals surface area contributed by atoms with Crippen molar-refractivity contribution in [3.63, 3.8) is 0 Å². The van der Waals surface area contributed by atoms with E-state index in [0.29, 0.717) is 0 Å². The Balaban J connectivity index is 2.32. The average Bonchev–Trinajstić information content (AvgIpc) is 2.46. The van der Waals surface area contributed by atoms with E-state index in [0.717, 1.165) is 27.1 Å². The highest BCUT2D eigenvalue weighted by molar-refractivity contribution is 9.10. The van der Waals surface area contributed by atoms with Crippen LogP contribution in [-0.2, 0) is 0 Å². The summed E-state index contributed by atoms with van der Waals surface area (Å²) >= 11 is 3.47. The topological polar surface area (TPSA) is 44.5 Å². The molecule has 2 rings (SSSR count). The van der Waals surface area contributed by atoms with Crippen molar-refractivity contribution < 1.29 is 9.47 Å². The zero-order valence-electron chi connectivity index (χ0n) is 10.9. The Morgan fingerprint density at radius 2 is 1.74 bits per heavy atom. The van der Waals surface area contributed by atoms with E-state index in [9.17, 15) is 0 Å². The largest absolute Gasteiger partial charge is 0.497 e. The molecule has 1 unspecified atom stereocenters. The number of ether oxygens (including phenoxy) is 2. The summed E-state index contributed by atoms with van der Waals surface area (Å²) in [6.45, 7) is 0. The highest BCUT2D eigenvalue weighted by atomic mass is 79.9. The van der Waals surface area contributed by atoms with Gasteiger partial charge in [0.2, 0.25) is 0 Å². The molecule has 0 bridgehead atoms. The maximum absolute atomic E-state index is 6.28. The maximum atomic E-state index is 6.28. The van der Waals surface area contributed by atoms with Crippen LogP contribution in [0.15, 0.2) is 46.9 Å². The van der Waals surface area contributed by atoms with Crippen molar-refractivity contribution in [2.75, 3.05) is 14.2 Å². The third kappa shape index (κ3) is 3.08. The van der Waals surface area contributed by atoms with Crippen LogP contribution >= 0.6 is 15.9 Å². The average molecular weight is 322 g/mol. The zero-order valence-corrected chi connectivity index (χ0v) is 12.5. The molecule has 19 heavy (non-hydrogen) atoms. The molecular weight excluding hydrogens is 306 g/mol. The van der Waals surface area contributed by atoms with Gasteiger partial charge in [0.1, 0.15) is 11.5 Å². The van der Waals surface area contributed by atoms with Crippen LogP contribution in [0, 0.1) is 0 Å². The molecule has 0 aromatic heterocycles. The molecule has 0 saturated carbocycles. The first kappa shape index (κ1) is 13.9. The first-order valence-corrected chi connectivity index (χ1v) is 6.68. The lowest BCUT2D eigenvalue weighted by Crippen LogP contribution is -2.12. The second-order valence-corrected chi connectivity index (χ2v) is 5.00. The molecule has 4 heteroatoms. The zero-order chi connectivity index (χ0) is 13.8. The lowest BCUT2D eigenvalue weighted by Gasteiger charge is -2.15. The van der Waals surface area contributed by atoms with Crippen LogP contribution in [0.5, 0.6) is 11.5 Å². The van der Waals surface area contributed by atoms with E-state index in [1.165, 1.54) is 0 Å². The number of methoxy groups -OCH3 is 2. The van der Waals surface area contributed by atoms with Gasteiger partial charge in [-0.1, -0.05) is 18.2 Å². The van der Waals surface area contributed by atoms with Gasteiger partial charge < -0.3 is 15.2 Å². The highest BCUT2D eigenvalue weighted by Gasteiger charge is 2.11. The molecular formula is C15H16BrNO2. The quantitative estimate of drug-likeness (QED) is 0.937. The second kappa shape index (κ2) is 6.08. The standard InChI is InChI=1S/C15H16BrNO2/c1-18-12-5-3-4-10(8-12)15(17)11-6-7-14(19-2)13(16)9-11/h3-9,15H,17H2,1-2H3. The van der Waals surface area contributed by atoms with E-state index < -0.39 is 0 Å². The van der Waals surface area contributed by atoms with Gasteiger partial charge in [-0.2, -0.15) is 0 Å². The molecule has 0 aliphatic rings. The van der Waals surface area contributed by atoms with Gasteiger partial charge in [0.15, 0.2) is 0 Å². The summed E-state index contributed by atoms with van der Waals surface area (Å²) in [5.41, 5.74) is 8.31. The van der Waals surface area contributed by atoms with Crippen LogP contribution in [0.1, 0.15) is 17.2 Å². The summed E-state index contributed by atoms with van der Waals surface area (Å²) in [5.74, 6) is 1.60. The summed E-state index contributed by atoms with van der Waals surface area (Å²) in [7, 11) is 3.29. The van der Waals surface area contributed by atoms with Gasteiger partial charge in [-0.3, -0.25) is 0 Å². The first-order valence-electron chi connectivity index (χ1n) is 5.88. The number of halogens is 1. The van der Waals surface area contributed by atoms with Crippen LogP contribution in [0.3, 0.4) is 0 Å². The van der Waals surface area contributed by atoms with Gasteiger partial charge in [0.25, 0.3) is 0 Å². The molecule has 0 fully saturated rings. The van der Waals surface area contributed by atoms with Crippen molar-refractivity contribution in [3.8, 4) is 11.5 Å². The molecule has 2 aromatic carbocycles. The predicted molar refractivity (Wildman–Crippen MR) is 79.7 cm³/mol. The van der Waals surface area contributed by atoms with Gasteiger partial charge >= 0.3 is 0 Å². The van der Waals surface area contributed by atoms with Crippen molar-refractivity contribution in [2.24, 2.45) is 5.73 Å². The van der Waals surface area contributed by atoms with E-state index in [4.69, 9.17) is 15.2 Å². The van der Waals surface area contributed by atoms with Crippen molar-refractivity contribution in [2.45, 2.75) is 6.04 Å². The molecule has 0 amide bonds. The van der Waals surface area contributed by atoms with Gasteiger partial charge in [-0.25, -0.2) is 0 Å². The SMILES string of the molecule is COc1cccc(C(N)c2ccc(OC)c(Br)c2)c1. The molecule has 0 aliphatic heterocycles. The van der Waals surface area contributed by atoms with Crippen molar-refractivity contribution in [3.05, 3.63) is 58.1 Å². The Morgan fingerprint density at radius 1 is 1.00 bits per heavy atom. The Hall–Kier alpha value is -1.52. The molecule has 0 spiro atoms. The molecule has 0 heterocycles. The van der Waals surface area contributed by atoms with Gasteiger partial charge in [0.05, 0.1) is 24.7 Å². The maximum Gasteiger partial charge on any atom is 0.133 e. The fraction of sp³-hybridized carbons (Fsp3) is 0.200. The Bertz CT molecular complexity index is 572. The minimum Gasteiger partial charge on any atom is -0.497 e. The summed E-state index contributed by atoms with van der Waals surface area (Å²) in [4.78, 5) is 0. The lowest BCUT2D eigenvalue weighted by atomic mass is 9.99. The van der Waals surface area contributed by atoms with Crippen LogP contribution in [0.25, 0.3) is 0 Å². The van der Waals surface area contributed by atoms with Crippen LogP contribution < -0.4 is 15.2 Å². The summed E-state index contributed by atoms with van der Waals surface area (Å²) in [6.07, 6.45) is 0. The number of rotatable bonds is 4. The van der Waals surface area contributed by atoms with Gasteiger partial charge in [-0.05, 0) is 51.3 Å². The third-order valence-corrected chi connectivity index (χ3v) is 3.61. The van der Waals surface area contributed by atoms with Crippen LogP contribution in [0.2, 0.25) is 0 Å². The fourth-order valence-electron chi connectivity index (χ4n) is 1.90. The fourth-order valence-corrected chi connectivity index (χ4v) is 2.46. The minimum atomic E-state index is -0.197. The summed E-state index contributed by atoms with van der Waals surface area (Å²) in [5, 5.41) is 0. The summed E-state index contributed by atoms with van der Waals surface area (Å²) in [6, 6.07) is 13.4. The number of benzene rings is 2. The van der Waals surface area contributed by atoms with Crippen molar-refractivity contribution in [1.29, 1.82) is 0 Å². The Labute approximate surface area is 121 Å². The number of hydrogen-bond donors (Lipinski definition) is 1. The molecule has 1 atom stereocenters. The smallest absolute Gasteiger partial charge is 0.133 e. The second-order valence-electron chi connectivity index (χ2n) is 4.15. The minimum absolute atomic E-state index is 0.197. The highest BCUT2D eigenvalue weighted by Crippen LogP contribution is 2.30. The number of hydrogen-bond acceptors (Lipinski definition) is 3. The molecule has 3 nitrogen and oxygen atoms in total. The van der Waals surface area contributed by atoms with Gasteiger partial charge in [0, 0.05) is 0 Å². The van der Waals surface area contributed by atoms with Crippen LogP contribution in [-0.4, -0.2) is 14.2 Å². The lowest BCUT2D eigenvalue weighted by molar-refractivity contribution is 0.411. The predicted octanol–water partition coefficient (Wildman–Crippen LogP) is 3.51. The molecule has 0 aliphatic carbocycles. The molecule has 0 radical (unpaired) electrons. The number of nitrogens with two attached hydrogens (primary N) is 1. The van der Waals surface area contributed by atoms with E-state index in [-0.39, 0.29) is 6.04 Å². The van der Waals surface area contributed by atoms with Crippen molar-refractivity contribution in [1.82, 2.24) is 0 Å². The van der Waals surface area contributed by atoms with E-state index in [1.54, 1.807) is 14.2 Å².